The number of ketones is 1. The molecule has 0 saturated heterocycles. The summed E-state index contributed by atoms with van der Waals surface area (Å²) in [5.74, 6) is -1.99. The number of alkyl halides is 3. The third-order valence-electron chi connectivity index (χ3n) is 3.15. The molecule has 6 heteroatoms. The van der Waals surface area contributed by atoms with E-state index in [2.05, 4.69) is 0 Å². The van der Waals surface area contributed by atoms with Gasteiger partial charge in [0.05, 0.1) is 5.56 Å². The summed E-state index contributed by atoms with van der Waals surface area (Å²) in [4.78, 5) is 12.3. The molecule has 0 amide bonds. The number of ether oxygens (including phenoxy) is 1. The number of halogens is 4. The third kappa shape index (κ3) is 3.36. The Morgan fingerprint density at radius 2 is 1.85 bits per heavy atom. The standard InChI is InChI=1S/C14H16F4O2/c1-4-13(3,20-5-2)12(19)9-6-7-11(15)10(8-9)14(16,17)18/h6-8H,4-5H2,1-3H3. The van der Waals surface area contributed by atoms with E-state index in [1.807, 2.05) is 0 Å². The van der Waals surface area contributed by atoms with Crippen molar-refractivity contribution in [3.8, 4) is 0 Å². The minimum Gasteiger partial charge on any atom is -0.367 e. The highest BCUT2D eigenvalue weighted by molar-refractivity contribution is 6.02. The van der Waals surface area contributed by atoms with Crippen LogP contribution in [0.1, 0.15) is 43.1 Å². The SMILES string of the molecule is CCOC(C)(CC)C(=O)c1ccc(F)c(C(F)(F)F)c1. The summed E-state index contributed by atoms with van der Waals surface area (Å²) in [5, 5.41) is 0. The van der Waals surface area contributed by atoms with Gasteiger partial charge in [0.15, 0.2) is 5.78 Å². The van der Waals surface area contributed by atoms with Crippen LogP contribution in [-0.4, -0.2) is 18.0 Å². The van der Waals surface area contributed by atoms with Crippen molar-refractivity contribution in [1.29, 1.82) is 0 Å². The number of Topliss-reactive ketones (excluding diaryl/α,β-unsaturated/α-hetero) is 1. The van der Waals surface area contributed by atoms with Gasteiger partial charge in [0.25, 0.3) is 0 Å². The zero-order valence-corrected chi connectivity index (χ0v) is 11.5. The lowest BCUT2D eigenvalue weighted by molar-refractivity contribution is -0.140. The van der Waals surface area contributed by atoms with Gasteiger partial charge in [-0.15, -0.1) is 0 Å². The number of benzene rings is 1. The van der Waals surface area contributed by atoms with Crippen LogP contribution in [0.4, 0.5) is 17.6 Å². The molecule has 0 radical (unpaired) electrons. The van der Waals surface area contributed by atoms with Crippen LogP contribution in [0.5, 0.6) is 0 Å². The Labute approximate surface area is 114 Å². The fraction of sp³-hybridized carbons (Fsp3) is 0.500. The maximum absolute atomic E-state index is 13.2. The van der Waals surface area contributed by atoms with E-state index in [-0.39, 0.29) is 12.2 Å². The number of carbonyl (C=O) groups excluding carboxylic acids is 1. The molecule has 0 aliphatic carbocycles. The smallest absolute Gasteiger partial charge is 0.367 e. The zero-order chi connectivity index (χ0) is 15.6. The molecule has 0 aliphatic heterocycles. The van der Waals surface area contributed by atoms with Gasteiger partial charge >= 0.3 is 6.18 Å². The number of carbonyl (C=O) groups is 1. The largest absolute Gasteiger partial charge is 0.419 e. The molecule has 0 aromatic heterocycles. The average molecular weight is 292 g/mol. The molecule has 0 saturated carbocycles. The van der Waals surface area contributed by atoms with E-state index in [0.717, 1.165) is 6.07 Å². The van der Waals surface area contributed by atoms with Crippen LogP contribution in [0.2, 0.25) is 0 Å². The molecule has 1 aromatic carbocycles. The molecule has 0 bridgehead atoms. The summed E-state index contributed by atoms with van der Waals surface area (Å²) in [6.45, 7) is 5.15. The normalized spacial score (nSPS) is 14.9. The second-order valence-corrected chi connectivity index (χ2v) is 4.54. The molecule has 0 heterocycles. The lowest BCUT2D eigenvalue weighted by Gasteiger charge is -2.26. The van der Waals surface area contributed by atoms with Crippen molar-refractivity contribution in [1.82, 2.24) is 0 Å². The van der Waals surface area contributed by atoms with Crippen molar-refractivity contribution in [2.24, 2.45) is 0 Å². The number of hydrogen-bond donors (Lipinski definition) is 0. The summed E-state index contributed by atoms with van der Waals surface area (Å²) in [7, 11) is 0. The first kappa shape index (κ1) is 16.6. The summed E-state index contributed by atoms with van der Waals surface area (Å²) < 4.78 is 56.4. The molecule has 0 aliphatic rings. The van der Waals surface area contributed by atoms with E-state index in [0.29, 0.717) is 18.6 Å². The number of rotatable bonds is 5. The van der Waals surface area contributed by atoms with Crippen LogP contribution in [0, 0.1) is 5.82 Å². The Balaban J connectivity index is 3.24. The Morgan fingerprint density at radius 3 is 2.30 bits per heavy atom. The molecule has 1 unspecified atom stereocenters. The quantitative estimate of drug-likeness (QED) is 0.599. The maximum atomic E-state index is 13.2. The van der Waals surface area contributed by atoms with Gasteiger partial charge in [0.1, 0.15) is 11.4 Å². The Bertz CT molecular complexity index is 496. The minimum absolute atomic E-state index is 0.212. The molecule has 0 spiro atoms. The van der Waals surface area contributed by atoms with Crippen molar-refractivity contribution in [2.45, 2.75) is 39.0 Å². The fourth-order valence-corrected chi connectivity index (χ4v) is 1.84. The maximum Gasteiger partial charge on any atom is 0.419 e. The molecule has 2 nitrogen and oxygen atoms in total. The summed E-state index contributed by atoms with van der Waals surface area (Å²) in [5.41, 5.74) is -2.87. The second-order valence-electron chi connectivity index (χ2n) is 4.54. The van der Waals surface area contributed by atoms with E-state index in [9.17, 15) is 22.4 Å². The van der Waals surface area contributed by atoms with E-state index < -0.39 is 28.9 Å². The van der Waals surface area contributed by atoms with Crippen LogP contribution in [0.3, 0.4) is 0 Å². The Kier molecular flexibility index (Phi) is 4.91. The highest BCUT2D eigenvalue weighted by atomic mass is 19.4. The van der Waals surface area contributed by atoms with Crippen LogP contribution in [-0.2, 0) is 10.9 Å². The highest BCUT2D eigenvalue weighted by Crippen LogP contribution is 2.33. The second kappa shape index (κ2) is 5.91. The topological polar surface area (TPSA) is 26.3 Å². The van der Waals surface area contributed by atoms with Crippen LogP contribution in [0.15, 0.2) is 18.2 Å². The first-order valence-electron chi connectivity index (χ1n) is 6.21. The van der Waals surface area contributed by atoms with Crippen LogP contribution in [0.25, 0.3) is 0 Å². The molecular weight excluding hydrogens is 276 g/mol. The van der Waals surface area contributed by atoms with E-state index in [1.165, 1.54) is 6.92 Å². The van der Waals surface area contributed by atoms with Gasteiger partial charge in [-0.2, -0.15) is 13.2 Å². The predicted octanol–water partition coefficient (Wildman–Crippen LogP) is 4.23. The summed E-state index contributed by atoms with van der Waals surface area (Å²) >= 11 is 0. The van der Waals surface area contributed by atoms with Crippen molar-refractivity contribution in [3.63, 3.8) is 0 Å². The molecule has 112 valence electrons. The summed E-state index contributed by atoms with van der Waals surface area (Å²) in [6, 6.07) is 2.22. The average Bonchev–Trinajstić information content (AvgIpc) is 2.37. The van der Waals surface area contributed by atoms with Crippen molar-refractivity contribution in [3.05, 3.63) is 35.1 Å². The van der Waals surface area contributed by atoms with Crippen LogP contribution >= 0.6 is 0 Å². The molecular formula is C14H16F4O2. The molecule has 1 atom stereocenters. The number of hydrogen-bond acceptors (Lipinski definition) is 2. The summed E-state index contributed by atoms with van der Waals surface area (Å²) in [6.07, 6.45) is -4.53. The fourth-order valence-electron chi connectivity index (χ4n) is 1.84. The van der Waals surface area contributed by atoms with E-state index in [4.69, 9.17) is 4.74 Å². The minimum atomic E-state index is -4.84. The van der Waals surface area contributed by atoms with Gasteiger partial charge in [0.2, 0.25) is 0 Å². The molecule has 1 rings (SSSR count). The highest BCUT2D eigenvalue weighted by Gasteiger charge is 2.37. The van der Waals surface area contributed by atoms with Crippen molar-refractivity contribution in [2.75, 3.05) is 6.61 Å². The zero-order valence-electron chi connectivity index (χ0n) is 11.5. The van der Waals surface area contributed by atoms with Crippen LogP contribution < -0.4 is 0 Å². The molecule has 1 aromatic rings. The monoisotopic (exact) mass is 292 g/mol. The molecule has 0 fully saturated rings. The Hall–Kier alpha value is -1.43. The van der Waals surface area contributed by atoms with Crippen molar-refractivity contribution < 1.29 is 27.1 Å². The predicted molar refractivity (Wildman–Crippen MR) is 66.1 cm³/mol. The van der Waals surface area contributed by atoms with Gasteiger partial charge < -0.3 is 4.74 Å². The lowest BCUT2D eigenvalue weighted by Crippen LogP contribution is -2.38. The van der Waals surface area contributed by atoms with Gasteiger partial charge in [-0.3, -0.25) is 4.79 Å². The molecule has 0 N–H and O–H groups in total. The van der Waals surface area contributed by atoms with Gasteiger partial charge in [-0.1, -0.05) is 6.92 Å². The van der Waals surface area contributed by atoms with Gasteiger partial charge in [0, 0.05) is 12.2 Å². The molecule has 20 heavy (non-hydrogen) atoms. The first-order valence-corrected chi connectivity index (χ1v) is 6.21. The first-order chi connectivity index (χ1) is 9.15. The lowest BCUT2D eigenvalue weighted by atomic mass is 9.91. The van der Waals surface area contributed by atoms with Crippen molar-refractivity contribution >= 4 is 5.78 Å². The van der Waals surface area contributed by atoms with Gasteiger partial charge in [-0.05, 0) is 38.5 Å². The van der Waals surface area contributed by atoms with Gasteiger partial charge in [-0.25, -0.2) is 4.39 Å². The third-order valence-corrected chi connectivity index (χ3v) is 3.15. The Morgan fingerprint density at radius 1 is 1.25 bits per heavy atom. The van der Waals surface area contributed by atoms with E-state index >= 15 is 0 Å². The van der Waals surface area contributed by atoms with E-state index in [1.54, 1.807) is 13.8 Å².